The lowest BCUT2D eigenvalue weighted by atomic mass is 9.74. The minimum atomic E-state index is 0.0118. The van der Waals surface area contributed by atoms with Crippen molar-refractivity contribution in [1.82, 2.24) is 25.1 Å². The molecule has 1 aromatic carbocycles. The zero-order valence-electron chi connectivity index (χ0n) is 11.0. The number of benzene rings is 1. The molecule has 6 heteroatoms. The molecule has 1 aliphatic rings. The third-order valence-electron chi connectivity index (χ3n) is 4.08. The number of aromatic nitrogens is 4. The number of fused-ring (bicyclic) bond motifs is 1. The molecule has 1 saturated heterocycles. The van der Waals surface area contributed by atoms with E-state index in [1.54, 1.807) is 22.2 Å². The fraction of sp³-hybridized carbons (Fsp3) is 0.357. The van der Waals surface area contributed by atoms with Crippen LogP contribution in [0.2, 0.25) is 0 Å². The molecule has 0 aliphatic carbocycles. The first-order chi connectivity index (χ1) is 9.88. The van der Waals surface area contributed by atoms with Crippen molar-refractivity contribution < 1.29 is 0 Å². The van der Waals surface area contributed by atoms with Gasteiger partial charge in [0.25, 0.3) is 0 Å². The zero-order valence-corrected chi connectivity index (χ0v) is 11.8. The lowest BCUT2D eigenvalue weighted by Gasteiger charge is -2.36. The molecule has 20 heavy (non-hydrogen) atoms. The van der Waals surface area contributed by atoms with Gasteiger partial charge in [-0.05, 0) is 31.5 Å². The first-order valence-corrected chi connectivity index (χ1v) is 7.64. The average molecular weight is 285 g/mol. The predicted molar refractivity (Wildman–Crippen MR) is 78.0 cm³/mol. The monoisotopic (exact) mass is 285 g/mol. The van der Waals surface area contributed by atoms with Gasteiger partial charge in [-0.2, -0.15) is 9.61 Å². The van der Waals surface area contributed by atoms with Gasteiger partial charge in [0.05, 0.1) is 5.41 Å². The van der Waals surface area contributed by atoms with E-state index in [0.29, 0.717) is 0 Å². The number of piperidine rings is 1. The topological polar surface area (TPSA) is 55.1 Å². The second kappa shape index (κ2) is 4.64. The Kier molecular flexibility index (Phi) is 2.78. The molecule has 0 unspecified atom stereocenters. The summed E-state index contributed by atoms with van der Waals surface area (Å²) in [5.74, 6) is 0. The Labute approximate surface area is 120 Å². The molecule has 3 heterocycles. The van der Waals surface area contributed by atoms with Crippen LogP contribution in [0.3, 0.4) is 0 Å². The third-order valence-corrected chi connectivity index (χ3v) is 5.20. The molecule has 4 rings (SSSR count). The maximum Gasteiger partial charge on any atom is 0.234 e. The molecule has 2 aromatic heterocycles. The van der Waals surface area contributed by atoms with E-state index in [1.165, 1.54) is 5.56 Å². The predicted octanol–water partition coefficient (Wildman–Crippen LogP) is 1.86. The fourth-order valence-corrected chi connectivity index (χ4v) is 4.08. The van der Waals surface area contributed by atoms with Crippen molar-refractivity contribution in [2.45, 2.75) is 18.3 Å². The van der Waals surface area contributed by atoms with Crippen LogP contribution in [-0.4, -0.2) is 32.9 Å². The van der Waals surface area contributed by atoms with E-state index in [-0.39, 0.29) is 5.41 Å². The molecule has 0 amide bonds. The van der Waals surface area contributed by atoms with Crippen molar-refractivity contribution in [3.63, 3.8) is 0 Å². The molecule has 5 nitrogen and oxygen atoms in total. The van der Waals surface area contributed by atoms with Crippen LogP contribution >= 0.6 is 11.3 Å². The molecule has 102 valence electrons. The summed E-state index contributed by atoms with van der Waals surface area (Å²) in [6.45, 7) is 2.05. The lowest BCUT2D eigenvalue weighted by molar-refractivity contribution is 0.358. The molecule has 0 spiro atoms. The molecule has 1 aliphatic heterocycles. The van der Waals surface area contributed by atoms with E-state index in [2.05, 4.69) is 45.8 Å². The van der Waals surface area contributed by atoms with E-state index < -0.39 is 0 Å². The highest BCUT2D eigenvalue weighted by Gasteiger charge is 2.39. The Hall–Kier alpha value is -1.79. The van der Waals surface area contributed by atoms with Gasteiger partial charge in [-0.25, -0.2) is 0 Å². The first kappa shape index (κ1) is 12.0. The van der Waals surface area contributed by atoms with Crippen molar-refractivity contribution in [3.8, 4) is 0 Å². The summed E-state index contributed by atoms with van der Waals surface area (Å²) in [7, 11) is 0. The van der Waals surface area contributed by atoms with E-state index >= 15 is 0 Å². The minimum absolute atomic E-state index is 0.0118. The maximum absolute atomic E-state index is 4.73. The smallest absolute Gasteiger partial charge is 0.234 e. The standard InChI is InChI=1S/C14H15N5S/c1-2-4-11(5-3-1)14(6-8-15-9-7-14)12-18-19-10-16-17-13(19)20-12/h1-5,10,15H,6-9H2. The van der Waals surface area contributed by atoms with Crippen LogP contribution in [0.25, 0.3) is 4.96 Å². The SMILES string of the molecule is c1ccc(C2(c3nn4cnnc4s3)CCNCC2)cc1. The summed E-state index contributed by atoms with van der Waals surface area (Å²) in [6, 6.07) is 10.7. The Balaban J connectivity index is 1.88. The number of nitrogens with one attached hydrogen (secondary N) is 1. The normalized spacial score (nSPS) is 18.4. The molecular weight excluding hydrogens is 270 g/mol. The molecule has 1 N–H and O–H groups in total. The molecule has 0 saturated carbocycles. The van der Waals surface area contributed by atoms with Gasteiger partial charge < -0.3 is 5.32 Å². The van der Waals surface area contributed by atoms with Crippen LogP contribution in [0.4, 0.5) is 0 Å². The third kappa shape index (κ3) is 1.76. The Morgan fingerprint density at radius 3 is 2.70 bits per heavy atom. The van der Waals surface area contributed by atoms with Gasteiger partial charge in [-0.3, -0.25) is 0 Å². The van der Waals surface area contributed by atoms with Crippen LogP contribution in [0.1, 0.15) is 23.4 Å². The highest BCUT2D eigenvalue weighted by atomic mass is 32.1. The molecule has 0 radical (unpaired) electrons. The molecule has 0 bridgehead atoms. The van der Waals surface area contributed by atoms with Gasteiger partial charge in [-0.1, -0.05) is 41.7 Å². The van der Waals surface area contributed by atoms with Crippen molar-refractivity contribution >= 4 is 16.3 Å². The summed E-state index contributed by atoms with van der Waals surface area (Å²) in [6.07, 6.45) is 3.82. The highest BCUT2D eigenvalue weighted by Crippen LogP contribution is 2.41. The highest BCUT2D eigenvalue weighted by molar-refractivity contribution is 7.16. The van der Waals surface area contributed by atoms with Crippen molar-refractivity contribution in [2.75, 3.05) is 13.1 Å². The van der Waals surface area contributed by atoms with E-state index in [1.807, 2.05) is 0 Å². The molecule has 0 atom stereocenters. The van der Waals surface area contributed by atoms with E-state index in [4.69, 9.17) is 5.10 Å². The first-order valence-electron chi connectivity index (χ1n) is 6.82. The number of rotatable bonds is 2. The minimum Gasteiger partial charge on any atom is -0.317 e. The summed E-state index contributed by atoms with van der Waals surface area (Å²) in [5.41, 5.74) is 1.36. The molecule has 3 aromatic rings. The number of hydrogen-bond acceptors (Lipinski definition) is 5. The van der Waals surface area contributed by atoms with Gasteiger partial charge in [0.2, 0.25) is 4.96 Å². The quantitative estimate of drug-likeness (QED) is 0.781. The average Bonchev–Trinajstić information content (AvgIpc) is 3.10. The van der Waals surface area contributed by atoms with Gasteiger partial charge in [0.1, 0.15) is 11.3 Å². The largest absolute Gasteiger partial charge is 0.317 e. The summed E-state index contributed by atoms with van der Waals surface area (Å²) in [4.78, 5) is 0.869. The van der Waals surface area contributed by atoms with Crippen LogP contribution in [0, 0.1) is 0 Å². The Morgan fingerprint density at radius 2 is 1.95 bits per heavy atom. The summed E-state index contributed by atoms with van der Waals surface area (Å²) in [5, 5.41) is 17.3. The van der Waals surface area contributed by atoms with E-state index in [0.717, 1.165) is 35.9 Å². The number of nitrogens with zero attached hydrogens (tertiary/aromatic N) is 4. The van der Waals surface area contributed by atoms with Crippen molar-refractivity contribution in [2.24, 2.45) is 0 Å². The Morgan fingerprint density at radius 1 is 1.15 bits per heavy atom. The van der Waals surface area contributed by atoms with Gasteiger partial charge in [-0.15, -0.1) is 10.2 Å². The van der Waals surface area contributed by atoms with Gasteiger partial charge in [0, 0.05) is 0 Å². The summed E-state index contributed by atoms with van der Waals surface area (Å²) >= 11 is 1.65. The van der Waals surface area contributed by atoms with Crippen molar-refractivity contribution in [1.29, 1.82) is 0 Å². The fourth-order valence-electron chi connectivity index (χ4n) is 2.99. The Bertz CT molecular complexity index is 683. The molecular formula is C14H15N5S. The van der Waals surface area contributed by atoms with Crippen LogP contribution < -0.4 is 5.32 Å². The van der Waals surface area contributed by atoms with Crippen LogP contribution in [-0.2, 0) is 5.41 Å². The summed E-state index contributed by atoms with van der Waals surface area (Å²) < 4.78 is 1.78. The second-order valence-corrected chi connectivity index (χ2v) is 6.12. The number of hydrogen-bond donors (Lipinski definition) is 1. The molecule has 1 fully saturated rings. The van der Waals surface area contributed by atoms with Crippen molar-refractivity contribution in [3.05, 3.63) is 47.2 Å². The zero-order chi connectivity index (χ0) is 13.4. The van der Waals surface area contributed by atoms with E-state index in [9.17, 15) is 0 Å². The van der Waals surface area contributed by atoms with Crippen LogP contribution in [0.5, 0.6) is 0 Å². The van der Waals surface area contributed by atoms with Gasteiger partial charge >= 0.3 is 0 Å². The van der Waals surface area contributed by atoms with Gasteiger partial charge in [0.15, 0.2) is 0 Å². The lowest BCUT2D eigenvalue weighted by Crippen LogP contribution is -2.40. The maximum atomic E-state index is 4.73. The second-order valence-electron chi connectivity index (χ2n) is 5.16. The van der Waals surface area contributed by atoms with Crippen LogP contribution in [0.15, 0.2) is 36.7 Å².